The first kappa shape index (κ1) is 23.8. The van der Waals surface area contributed by atoms with Gasteiger partial charge in [-0.25, -0.2) is 0 Å². The van der Waals surface area contributed by atoms with Gasteiger partial charge in [-0.05, 0) is 61.7 Å². The van der Waals surface area contributed by atoms with Crippen LogP contribution in [0.2, 0.25) is 0 Å². The number of carbonyl (C=O) groups is 2. The Morgan fingerprint density at radius 2 is 1.69 bits per heavy atom. The molecule has 0 atom stereocenters. The Labute approximate surface area is 186 Å². The van der Waals surface area contributed by atoms with E-state index in [0.29, 0.717) is 5.56 Å². The van der Waals surface area contributed by atoms with Gasteiger partial charge in [0.15, 0.2) is 5.78 Å². The summed E-state index contributed by atoms with van der Waals surface area (Å²) < 4.78 is 39.0. The number of para-hydroxylation sites is 1. The molecule has 32 heavy (non-hydrogen) atoms. The zero-order valence-electron chi connectivity index (χ0n) is 17.9. The van der Waals surface area contributed by atoms with E-state index in [2.05, 4.69) is 10.6 Å². The number of anilines is 1. The van der Waals surface area contributed by atoms with Gasteiger partial charge >= 0.3 is 12.1 Å². The van der Waals surface area contributed by atoms with Gasteiger partial charge in [0.1, 0.15) is 0 Å². The molecule has 172 valence electrons. The van der Waals surface area contributed by atoms with Crippen LogP contribution in [0.3, 0.4) is 0 Å². The molecule has 0 saturated carbocycles. The van der Waals surface area contributed by atoms with Crippen molar-refractivity contribution < 1.29 is 22.8 Å². The Morgan fingerprint density at radius 1 is 0.969 bits per heavy atom. The predicted octanol–water partition coefficient (Wildman–Crippen LogP) is 3.84. The highest BCUT2D eigenvalue weighted by atomic mass is 19.4. The standard InChI is InChI=1S/C24H28F3N3O2/c25-24(26,27)23(32)30(16-14-29-21-5-2-1-3-6-21)15-4-7-22(31)20-9-8-18-10-12-28-13-11-19(18)17-20/h1-3,5-6,8-9,17,28-29H,4,7,10-16H2. The summed E-state index contributed by atoms with van der Waals surface area (Å²) in [6, 6.07) is 14.7. The van der Waals surface area contributed by atoms with Crippen LogP contribution in [-0.4, -0.2) is 55.5 Å². The van der Waals surface area contributed by atoms with Crippen molar-refractivity contribution in [1.82, 2.24) is 10.2 Å². The highest BCUT2D eigenvalue weighted by molar-refractivity contribution is 5.96. The Bertz CT molecular complexity index is 916. The van der Waals surface area contributed by atoms with Crippen LogP contribution < -0.4 is 10.6 Å². The van der Waals surface area contributed by atoms with Crippen LogP contribution in [0.4, 0.5) is 18.9 Å². The molecule has 0 bridgehead atoms. The fourth-order valence-corrected chi connectivity index (χ4v) is 3.81. The lowest BCUT2D eigenvalue weighted by molar-refractivity contribution is -0.185. The van der Waals surface area contributed by atoms with E-state index in [-0.39, 0.29) is 38.3 Å². The average molecular weight is 448 g/mol. The van der Waals surface area contributed by atoms with Gasteiger partial charge in [0, 0.05) is 37.3 Å². The quantitative estimate of drug-likeness (QED) is 0.574. The van der Waals surface area contributed by atoms with E-state index in [0.717, 1.165) is 42.1 Å². The van der Waals surface area contributed by atoms with E-state index < -0.39 is 12.1 Å². The third-order valence-electron chi connectivity index (χ3n) is 5.52. The number of hydrogen-bond donors (Lipinski definition) is 2. The summed E-state index contributed by atoms with van der Waals surface area (Å²) in [7, 11) is 0. The van der Waals surface area contributed by atoms with Gasteiger partial charge in [-0.2, -0.15) is 13.2 Å². The molecule has 1 heterocycles. The van der Waals surface area contributed by atoms with E-state index in [1.165, 1.54) is 5.56 Å². The van der Waals surface area contributed by atoms with Crippen LogP contribution >= 0.6 is 0 Å². The number of Topliss-reactive ketones (excluding diaryl/α,β-unsaturated/α-hetero) is 1. The maximum atomic E-state index is 13.0. The molecule has 3 rings (SSSR count). The summed E-state index contributed by atoms with van der Waals surface area (Å²) >= 11 is 0. The van der Waals surface area contributed by atoms with E-state index >= 15 is 0 Å². The molecule has 2 N–H and O–H groups in total. The van der Waals surface area contributed by atoms with E-state index in [1.54, 1.807) is 18.2 Å². The lowest BCUT2D eigenvalue weighted by atomic mass is 9.97. The van der Waals surface area contributed by atoms with Crippen molar-refractivity contribution in [2.75, 3.05) is 38.0 Å². The number of benzene rings is 2. The van der Waals surface area contributed by atoms with Gasteiger partial charge < -0.3 is 15.5 Å². The number of rotatable bonds is 9. The van der Waals surface area contributed by atoms with Crippen LogP contribution in [0.5, 0.6) is 0 Å². The number of alkyl halides is 3. The second-order valence-corrected chi connectivity index (χ2v) is 7.84. The number of ketones is 1. The zero-order chi connectivity index (χ0) is 23.0. The number of nitrogens with one attached hydrogen (secondary N) is 2. The van der Waals surface area contributed by atoms with Crippen LogP contribution in [-0.2, 0) is 17.6 Å². The molecule has 5 nitrogen and oxygen atoms in total. The Balaban J connectivity index is 1.54. The average Bonchev–Trinajstić information content (AvgIpc) is 3.02. The lowest BCUT2D eigenvalue weighted by Crippen LogP contribution is -2.43. The van der Waals surface area contributed by atoms with Crippen molar-refractivity contribution >= 4 is 17.4 Å². The summed E-state index contributed by atoms with van der Waals surface area (Å²) in [5.41, 5.74) is 3.70. The van der Waals surface area contributed by atoms with Gasteiger partial charge in [-0.3, -0.25) is 9.59 Å². The van der Waals surface area contributed by atoms with Crippen LogP contribution in [0.1, 0.15) is 34.3 Å². The van der Waals surface area contributed by atoms with E-state index in [1.807, 2.05) is 30.3 Å². The van der Waals surface area contributed by atoms with Gasteiger partial charge in [-0.15, -0.1) is 0 Å². The topological polar surface area (TPSA) is 61.4 Å². The van der Waals surface area contributed by atoms with Crippen molar-refractivity contribution in [3.05, 3.63) is 65.2 Å². The van der Waals surface area contributed by atoms with Crippen molar-refractivity contribution in [3.63, 3.8) is 0 Å². The number of hydrogen-bond acceptors (Lipinski definition) is 4. The molecule has 0 saturated heterocycles. The minimum Gasteiger partial charge on any atom is -0.383 e. The number of carbonyl (C=O) groups excluding carboxylic acids is 2. The second kappa shape index (κ2) is 11.1. The molecule has 1 aliphatic heterocycles. The van der Waals surface area contributed by atoms with Crippen molar-refractivity contribution in [1.29, 1.82) is 0 Å². The minimum absolute atomic E-state index is 0.0881. The van der Waals surface area contributed by atoms with Gasteiger partial charge in [0.25, 0.3) is 0 Å². The first-order chi connectivity index (χ1) is 15.3. The smallest absolute Gasteiger partial charge is 0.383 e. The molecule has 2 aromatic rings. The monoisotopic (exact) mass is 447 g/mol. The molecule has 0 spiro atoms. The number of amides is 1. The number of fused-ring (bicyclic) bond motifs is 1. The summed E-state index contributed by atoms with van der Waals surface area (Å²) in [6.45, 7) is 1.71. The van der Waals surface area contributed by atoms with Gasteiger partial charge in [0.05, 0.1) is 0 Å². The SMILES string of the molecule is O=C(CCCN(CCNc1ccccc1)C(=O)C(F)(F)F)c1ccc2c(c1)CCNCC2. The van der Waals surface area contributed by atoms with Crippen molar-refractivity contribution in [2.45, 2.75) is 31.9 Å². The van der Waals surface area contributed by atoms with Crippen LogP contribution in [0.25, 0.3) is 0 Å². The molecule has 0 aromatic heterocycles. The molecule has 0 unspecified atom stereocenters. The van der Waals surface area contributed by atoms with Gasteiger partial charge in [-0.1, -0.05) is 30.3 Å². The second-order valence-electron chi connectivity index (χ2n) is 7.84. The fourth-order valence-electron chi connectivity index (χ4n) is 3.81. The van der Waals surface area contributed by atoms with Crippen molar-refractivity contribution in [2.24, 2.45) is 0 Å². The largest absolute Gasteiger partial charge is 0.471 e. The minimum atomic E-state index is -4.94. The molecule has 2 aromatic carbocycles. The number of nitrogens with zero attached hydrogens (tertiary/aromatic N) is 1. The predicted molar refractivity (Wildman–Crippen MR) is 118 cm³/mol. The maximum Gasteiger partial charge on any atom is 0.471 e. The zero-order valence-corrected chi connectivity index (χ0v) is 17.9. The molecular formula is C24H28F3N3O2. The Morgan fingerprint density at radius 3 is 2.41 bits per heavy atom. The fraction of sp³-hybridized carbons (Fsp3) is 0.417. The highest BCUT2D eigenvalue weighted by Crippen LogP contribution is 2.20. The summed E-state index contributed by atoms with van der Waals surface area (Å²) in [4.78, 5) is 25.2. The summed E-state index contributed by atoms with van der Waals surface area (Å²) in [5, 5.41) is 6.33. The Hall–Kier alpha value is -2.87. The third kappa shape index (κ3) is 6.82. The molecule has 8 heteroatoms. The van der Waals surface area contributed by atoms with Crippen LogP contribution in [0.15, 0.2) is 48.5 Å². The molecular weight excluding hydrogens is 419 g/mol. The highest BCUT2D eigenvalue weighted by Gasteiger charge is 2.42. The summed E-state index contributed by atoms with van der Waals surface area (Å²) in [5.74, 6) is -2.00. The van der Waals surface area contributed by atoms with E-state index in [9.17, 15) is 22.8 Å². The maximum absolute atomic E-state index is 13.0. The molecule has 0 fully saturated rings. The van der Waals surface area contributed by atoms with Crippen LogP contribution in [0, 0.1) is 0 Å². The van der Waals surface area contributed by atoms with Crippen molar-refractivity contribution in [3.8, 4) is 0 Å². The van der Waals surface area contributed by atoms with Gasteiger partial charge in [0.2, 0.25) is 0 Å². The Kier molecular flexibility index (Phi) is 8.27. The summed E-state index contributed by atoms with van der Waals surface area (Å²) in [6.07, 6.45) is -2.93. The number of halogens is 3. The normalized spacial score (nSPS) is 13.7. The van der Waals surface area contributed by atoms with E-state index in [4.69, 9.17) is 0 Å². The molecule has 1 amide bonds. The lowest BCUT2D eigenvalue weighted by Gasteiger charge is -2.24. The third-order valence-corrected chi connectivity index (χ3v) is 5.52. The first-order valence-corrected chi connectivity index (χ1v) is 10.9. The molecule has 1 aliphatic rings. The molecule has 0 aliphatic carbocycles. The molecule has 0 radical (unpaired) electrons. The first-order valence-electron chi connectivity index (χ1n) is 10.9.